The number of nitriles is 1. The first kappa shape index (κ1) is 14.1. The number of hydrogen-bond donors (Lipinski definition) is 1. The third-order valence-corrected chi connectivity index (χ3v) is 3.44. The summed E-state index contributed by atoms with van der Waals surface area (Å²) < 4.78 is 0.459. The van der Waals surface area contributed by atoms with E-state index in [1.165, 1.54) is 6.07 Å². The van der Waals surface area contributed by atoms with E-state index < -0.39 is 10.8 Å². The van der Waals surface area contributed by atoms with Crippen molar-refractivity contribution in [1.29, 1.82) is 5.26 Å². The maximum absolute atomic E-state index is 11.4. The second kappa shape index (κ2) is 5.60. The fourth-order valence-electron chi connectivity index (χ4n) is 1.38. The highest BCUT2D eigenvalue weighted by Crippen LogP contribution is 2.37. The highest BCUT2D eigenvalue weighted by atomic mass is 79.9. The molecule has 94 valence electrons. The number of nitro benzene ring substituents is 1. The van der Waals surface area contributed by atoms with E-state index in [1.54, 1.807) is 19.9 Å². The van der Waals surface area contributed by atoms with Gasteiger partial charge in [-0.3, -0.25) is 14.9 Å². The van der Waals surface area contributed by atoms with Crippen molar-refractivity contribution in [2.75, 3.05) is 5.32 Å². The number of nitro groups is 1. The van der Waals surface area contributed by atoms with E-state index in [1.807, 2.05) is 0 Å². The summed E-state index contributed by atoms with van der Waals surface area (Å²) in [6.45, 7) is 3.52. The Hall–Kier alpha value is -1.94. The molecule has 0 saturated carbocycles. The molecule has 0 spiro atoms. The number of amides is 1. The van der Waals surface area contributed by atoms with E-state index in [0.29, 0.717) is 4.47 Å². The van der Waals surface area contributed by atoms with Crippen LogP contribution in [0.2, 0.25) is 0 Å². The molecule has 1 N–H and O–H groups in total. The Bertz CT molecular complexity index is 564. The Kier molecular flexibility index (Phi) is 4.39. The van der Waals surface area contributed by atoms with Crippen molar-refractivity contribution in [3.05, 3.63) is 31.8 Å². The summed E-state index contributed by atoms with van der Waals surface area (Å²) in [6, 6.07) is 3.08. The normalized spacial score (nSPS) is 9.67. The van der Waals surface area contributed by atoms with E-state index >= 15 is 0 Å². The van der Waals surface area contributed by atoms with Gasteiger partial charge < -0.3 is 5.32 Å². The molecule has 0 fully saturated rings. The van der Waals surface area contributed by atoms with Gasteiger partial charge in [0.1, 0.15) is 12.1 Å². The number of anilines is 1. The maximum atomic E-state index is 11.4. The van der Waals surface area contributed by atoms with Crippen molar-refractivity contribution in [2.24, 2.45) is 0 Å². The van der Waals surface area contributed by atoms with E-state index in [4.69, 9.17) is 5.26 Å². The number of nitrogens with zero attached hydrogens (tertiary/aromatic N) is 2. The molecule has 0 heterocycles. The highest BCUT2D eigenvalue weighted by Gasteiger charge is 2.21. The monoisotopic (exact) mass is 311 g/mol. The van der Waals surface area contributed by atoms with Gasteiger partial charge in [-0.1, -0.05) is 0 Å². The van der Waals surface area contributed by atoms with Gasteiger partial charge in [0.15, 0.2) is 0 Å². The minimum absolute atomic E-state index is 0.0864. The lowest BCUT2D eigenvalue weighted by Crippen LogP contribution is -2.13. The molecule has 0 aliphatic heterocycles. The van der Waals surface area contributed by atoms with Gasteiger partial charge in [0.2, 0.25) is 5.91 Å². The lowest BCUT2D eigenvalue weighted by molar-refractivity contribution is -0.384. The number of halogens is 1. The number of carbonyl (C=O) groups is 1. The first-order chi connectivity index (χ1) is 8.38. The molecule has 7 heteroatoms. The van der Waals surface area contributed by atoms with E-state index in [9.17, 15) is 14.9 Å². The molecule has 1 aromatic rings. The van der Waals surface area contributed by atoms with Crippen molar-refractivity contribution in [3.8, 4) is 6.07 Å². The molecule has 18 heavy (non-hydrogen) atoms. The maximum Gasteiger partial charge on any atom is 0.294 e. The summed E-state index contributed by atoms with van der Waals surface area (Å²) in [5.41, 5.74) is 1.43. The second-order valence-electron chi connectivity index (χ2n) is 3.67. The van der Waals surface area contributed by atoms with Crippen LogP contribution in [-0.2, 0) is 4.79 Å². The Morgan fingerprint density at radius 1 is 1.61 bits per heavy atom. The molecule has 1 amide bonds. The summed E-state index contributed by atoms with van der Waals surface area (Å²) >= 11 is 3.23. The fraction of sp³-hybridized carbons (Fsp3) is 0.273. The average Bonchev–Trinajstić information content (AvgIpc) is 2.29. The molecular weight excluding hydrogens is 302 g/mol. The Morgan fingerprint density at radius 3 is 2.72 bits per heavy atom. The van der Waals surface area contributed by atoms with Gasteiger partial charge in [-0.05, 0) is 40.9 Å². The molecule has 0 aliphatic carbocycles. The minimum Gasteiger partial charge on any atom is -0.319 e. The zero-order valence-corrected chi connectivity index (χ0v) is 11.4. The molecule has 0 bridgehead atoms. The van der Waals surface area contributed by atoms with Gasteiger partial charge >= 0.3 is 0 Å². The van der Waals surface area contributed by atoms with Crippen LogP contribution in [0.15, 0.2) is 10.5 Å². The van der Waals surface area contributed by atoms with E-state index in [0.717, 1.165) is 11.1 Å². The molecule has 0 saturated heterocycles. The van der Waals surface area contributed by atoms with Crippen molar-refractivity contribution >= 4 is 33.2 Å². The molecule has 0 unspecified atom stereocenters. The zero-order chi connectivity index (χ0) is 13.9. The van der Waals surface area contributed by atoms with Gasteiger partial charge in [-0.2, -0.15) is 5.26 Å². The van der Waals surface area contributed by atoms with Crippen LogP contribution in [0.4, 0.5) is 11.4 Å². The summed E-state index contributed by atoms with van der Waals surface area (Å²) in [5.74, 6) is -0.579. The van der Waals surface area contributed by atoms with Crippen LogP contribution in [0.5, 0.6) is 0 Å². The van der Waals surface area contributed by atoms with Crippen LogP contribution >= 0.6 is 15.9 Å². The zero-order valence-electron chi connectivity index (χ0n) is 9.78. The van der Waals surface area contributed by atoms with E-state index in [-0.39, 0.29) is 17.8 Å². The minimum atomic E-state index is -0.579. The lowest BCUT2D eigenvalue weighted by atomic mass is 10.1. The number of rotatable bonds is 3. The van der Waals surface area contributed by atoms with Gasteiger partial charge in [-0.25, -0.2) is 0 Å². The largest absolute Gasteiger partial charge is 0.319 e. The first-order valence-electron chi connectivity index (χ1n) is 4.99. The topological polar surface area (TPSA) is 96.0 Å². The first-order valence-corrected chi connectivity index (χ1v) is 5.78. The smallest absolute Gasteiger partial charge is 0.294 e. The van der Waals surface area contributed by atoms with Crippen molar-refractivity contribution in [1.82, 2.24) is 0 Å². The lowest BCUT2D eigenvalue weighted by Gasteiger charge is -2.11. The molecule has 0 atom stereocenters. The van der Waals surface area contributed by atoms with Crippen LogP contribution in [0, 0.1) is 35.3 Å². The molecule has 0 aliphatic rings. The van der Waals surface area contributed by atoms with Gasteiger partial charge in [0, 0.05) is 6.07 Å². The Balaban J connectivity index is 3.32. The number of carbonyl (C=O) groups excluding carboxylic acids is 1. The summed E-state index contributed by atoms with van der Waals surface area (Å²) in [4.78, 5) is 21.7. The van der Waals surface area contributed by atoms with Crippen LogP contribution in [0.1, 0.15) is 17.5 Å². The molecule has 0 aromatic heterocycles. The third-order valence-electron chi connectivity index (χ3n) is 2.45. The van der Waals surface area contributed by atoms with Crippen LogP contribution in [0.25, 0.3) is 0 Å². The van der Waals surface area contributed by atoms with Crippen LogP contribution in [-0.4, -0.2) is 10.8 Å². The second-order valence-corrected chi connectivity index (χ2v) is 4.46. The van der Waals surface area contributed by atoms with Gasteiger partial charge in [0.05, 0.1) is 15.5 Å². The molecular formula is C11H10BrN3O3. The van der Waals surface area contributed by atoms with Crippen molar-refractivity contribution < 1.29 is 9.72 Å². The molecule has 0 radical (unpaired) electrons. The molecule has 1 aromatic carbocycles. The quantitative estimate of drug-likeness (QED) is 0.685. The van der Waals surface area contributed by atoms with Crippen molar-refractivity contribution in [3.63, 3.8) is 0 Å². The number of nitrogens with one attached hydrogen (secondary N) is 1. The summed E-state index contributed by atoms with van der Waals surface area (Å²) in [6.07, 6.45) is -0.351. The van der Waals surface area contributed by atoms with Gasteiger partial charge in [0.25, 0.3) is 5.69 Å². The summed E-state index contributed by atoms with van der Waals surface area (Å²) in [5, 5.41) is 21.7. The average molecular weight is 312 g/mol. The standard InChI is InChI=1S/C11H10BrN3O3/c1-6-5-8(15(17)18)11(10(12)7(6)2)14-9(16)3-4-13/h5H,3H2,1-2H3,(H,14,16). The van der Waals surface area contributed by atoms with Gasteiger partial charge in [-0.15, -0.1) is 0 Å². The van der Waals surface area contributed by atoms with Crippen LogP contribution in [0.3, 0.4) is 0 Å². The molecule has 1 rings (SSSR count). The summed E-state index contributed by atoms with van der Waals surface area (Å²) in [7, 11) is 0. The SMILES string of the molecule is Cc1cc([N+](=O)[O-])c(NC(=O)CC#N)c(Br)c1C. The third kappa shape index (κ3) is 2.84. The van der Waals surface area contributed by atoms with E-state index in [2.05, 4.69) is 21.2 Å². The number of aryl methyl sites for hydroxylation is 1. The number of benzene rings is 1. The fourth-order valence-corrected chi connectivity index (χ4v) is 1.99. The highest BCUT2D eigenvalue weighted by molar-refractivity contribution is 9.10. The van der Waals surface area contributed by atoms with Crippen molar-refractivity contribution in [2.45, 2.75) is 20.3 Å². The predicted octanol–water partition coefficient (Wildman–Crippen LogP) is 2.83. The van der Waals surface area contributed by atoms with Crippen LogP contribution < -0.4 is 5.32 Å². The Morgan fingerprint density at radius 2 is 2.22 bits per heavy atom. The Labute approximate surface area is 112 Å². The number of hydrogen-bond acceptors (Lipinski definition) is 4. The predicted molar refractivity (Wildman–Crippen MR) is 69.1 cm³/mol. The molecule has 6 nitrogen and oxygen atoms in total.